The molecule has 2 nitrogen and oxygen atoms in total. The van der Waals surface area contributed by atoms with Crippen molar-refractivity contribution in [2.45, 2.75) is 25.1 Å². The lowest BCUT2D eigenvalue weighted by atomic mass is 10.2. The topological polar surface area (TPSA) is 22.1 Å². The summed E-state index contributed by atoms with van der Waals surface area (Å²) < 4.78 is 18.6. The maximum atomic E-state index is 13.3. The molecular formula is C14H15ClFNOS. The first kappa shape index (κ1) is 14.3. The molecule has 0 spiro atoms. The summed E-state index contributed by atoms with van der Waals surface area (Å²) in [5.41, 5.74) is 0.935. The number of aryl methyl sites for hydroxylation is 1. The highest BCUT2D eigenvalue weighted by atomic mass is 35.5. The van der Waals surface area contributed by atoms with Gasteiger partial charge in [0.25, 0.3) is 0 Å². The first-order valence-electron chi connectivity index (χ1n) is 6.16. The summed E-state index contributed by atoms with van der Waals surface area (Å²) in [4.78, 5) is 4.38. The first-order valence-corrected chi connectivity index (χ1v) is 7.57. The van der Waals surface area contributed by atoms with Crippen LogP contribution < -0.4 is 4.74 Å². The smallest absolute Gasteiger partial charge is 0.165 e. The number of ether oxygens (including phenoxy) is 1. The van der Waals surface area contributed by atoms with Gasteiger partial charge in [-0.2, -0.15) is 0 Å². The summed E-state index contributed by atoms with van der Waals surface area (Å²) in [5, 5.41) is 3.08. The minimum absolute atomic E-state index is 0.311. The van der Waals surface area contributed by atoms with E-state index in [9.17, 15) is 4.39 Å². The molecule has 2 rings (SSSR count). The summed E-state index contributed by atoms with van der Waals surface area (Å²) in [7, 11) is 0. The van der Waals surface area contributed by atoms with Crippen LogP contribution in [0.25, 0.3) is 0 Å². The Morgan fingerprint density at radius 2 is 2.11 bits per heavy atom. The zero-order valence-corrected chi connectivity index (χ0v) is 12.0. The fourth-order valence-electron chi connectivity index (χ4n) is 1.65. The van der Waals surface area contributed by atoms with Gasteiger partial charge in [0.2, 0.25) is 0 Å². The van der Waals surface area contributed by atoms with Crippen LogP contribution in [0.3, 0.4) is 0 Å². The zero-order valence-electron chi connectivity index (χ0n) is 10.4. The van der Waals surface area contributed by atoms with Gasteiger partial charge in [-0.3, -0.25) is 0 Å². The molecule has 0 unspecified atom stereocenters. The third-order valence-electron chi connectivity index (χ3n) is 2.62. The van der Waals surface area contributed by atoms with E-state index in [4.69, 9.17) is 16.3 Å². The number of alkyl halides is 1. The number of halogens is 2. The van der Waals surface area contributed by atoms with Gasteiger partial charge in [0, 0.05) is 5.38 Å². The second-order valence-corrected chi connectivity index (χ2v) is 5.31. The van der Waals surface area contributed by atoms with Crippen molar-refractivity contribution in [3.05, 3.63) is 46.2 Å². The highest BCUT2D eigenvalue weighted by Gasteiger charge is 2.03. The number of hydrogen-bond donors (Lipinski definition) is 0. The van der Waals surface area contributed by atoms with Gasteiger partial charge in [-0.25, -0.2) is 9.37 Å². The van der Waals surface area contributed by atoms with E-state index in [1.54, 1.807) is 29.5 Å². The van der Waals surface area contributed by atoms with Gasteiger partial charge in [0.15, 0.2) is 11.6 Å². The van der Waals surface area contributed by atoms with Crippen molar-refractivity contribution in [1.29, 1.82) is 0 Å². The molecule has 0 saturated heterocycles. The van der Waals surface area contributed by atoms with Crippen LogP contribution in [0.4, 0.5) is 4.39 Å². The molecule has 0 saturated carbocycles. The Hall–Kier alpha value is -1.13. The highest BCUT2D eigenvalue weighted by molar-refractivity contribution is 7.09. The SMILES string of the molecule is Fc1ccccc1OCCCCc1nc(CCl)cs1. The molecule has 2 aromatic rings. The highest BCUT2D eigenvalue weighted by Crippen LogP contribution is 2.17. The molecular weight excluding hydrogens is 285 g/mol. The van der Waals surface area contributed by atoms with Crippen LogP contribution in [0.15, 0.2) is 29.6 Å². The van der Waals surface area contributed by atoms with Gasteiger partial charge in [-0.1, -0.05) is 12.1 Å². The van der Waals surface area contributed by atoms with Crippen molar-refractivity contribution in [2.75, 3.05) is 6.61 Å². The molecule has 0 N–H and O–H groups in total. The van der Waals surface area contributed by atoms with Gasteiger partial charge in [0.1, 0.15) is 0 Å². The summed E-state index contributed by atoms with van der Waals surface area (Å²) in [6, 6.07) is 6.46. The second-order valence-electron chi connectivity index (χ2n) is 4.10. The number of hydrogen-bond acceptors (Lipinski definition) is 3. The fraction of sp³-hybridized carbons (Fsp3) is 0.357. The number of unbranched alkanes of at least 4 members (excludes halogenated alkanes) is 1. The maximum absolute atomic E-state index is 13.3. The van der Waals surface area contributed by atoms with Gasteiger partial charge >= 0.3 is 0 Å². The van der Waals surface area contributed by atoms with E-state index >= 15 is 0 Å². The minimum atomic E-state index is -0.311. The van der Waals surface area contributed by atoms with Crippen LogP contribution in [0.1, 0.15) is 23.5 Å². The fourth-order valence-corrected chi connectivity index (χ4v) is 2.72. The average molecular weight is 300 g/mol. The largest absolute Gasteiger partial charge is 0.491 e. The normalized spacial score (nSPS) is 10.6. The molecule has 1 aromatic heterocycles. The first-order chi connectivity index (χ1) is 9.29. The number of para-hydroxylation sites is 1. The van der Waals surface area contributed by atoms with Crippen molar-refractivity contribution in [1.82, 2.24) is 4.98 Å². The van der Waals surface area contributed by atoms with Crippen LogP contribution in [-0.4, -0.2) is 11.6 Å². The maximum Gasteiger partial charge on any atom is 0.165 e. The summed E-state index contributed by atoms with van der Waals surface area (Å²) in [5.74, 6) is 0.475. The molecule has 0 aliphatic rings. The van der Waals surface area contributed by atoms with Crippen molar-refractivity contribution in [2.24, 2.45) is 0 Å². The van der Waals surface area contributed by atoms with Crippen molar-refractivity contribution in [3.63, 3.8) is 0 Å². The Kier molecular flexibility index (Phi) is 5.61. The molecule has 0 radical (unpaired) electrons. The summed E-state index contributed by atoms with van der Waals surface area (Å²) >= 11 is 7.33. The lowest BCUT2D eigenvalue weighted by Crippen LogP contribution is -1.99. The van der Waals surface area contributed by atoms with Crippen molar-refractivity contribution < 1.29 is 9.13 Å². The lowest BCUT2D eigenvalue weighted by molar-refractivity contribution is 0.292. The Balaban J connectivity index is 1.66. The van der Waals surface area contributed by atoms with E-state index in [1.165, 1.54) is 6.07 Å². The minimum Gasteiger partial charge on any atom is -0.491 e. The predicted octanol–water partition coefficient (Wildman–Crippen LogP) is 4.42. The molecule has 1 aromatic carbocycles. The molecule has 5 heteroatoms. The van der Waals surface area contributed by atoms with E-state index < -0.39 is 0 Å². The summed E-state index contributed by atoms with van der Waals surface area (Å²) in [6.07, 6.45) is 2.77. The molecule has 19 heavy (non-hydrogen) atoms. The van der Waals surface area contributed by atoms with Gasteiger partial charge in [-0.05, 0) is 31.4 Å². The number of aromatic nitrogens is 1. The van der Waals surface area contributed by atoms with E-state index in [2.05, 4.69) is 4.98 Å². The standard InChI is InChI=1S/C14H15ClFNOS/c15-9-11-10-19-14(17-11)7-3-4-8-18-13-6-2-1-5-12(13)16/h1-2,5-6,10H,3-4,7-9H2. The van der Waals surface area contributed by atoms with Gasteiger partial charge < -0.3 is 4.74 Å². The number of rotatable bonds is 7. The third kappa shape index (κ3) is 4.48. The number of nitrogens with zero attached hydrogens (tertiary/aromatic N) is 1. The Morgan fingerprint density at radius 1 is 1.26 bits per heavy atom. The second kappa shape index (κ2) is 7.46. The van der Waals surface area contributed by atoms with Crippen molar-refractivity contribution >= 4 is 22.9 Å². The number of benzene rings is 1. The lowest BCUT2D eigenvalue weighted by Gasteiger charge is -2.06. The molecule has 0 bridgehead atoms. The van der Waals surface area contributed by atoms with E-state index in [-0.39, 0.29) is 5.82 Å². The summed E-state index contributed by atoms with van der Waals surface area (Å²) in [6.45, 7) is 0.522. The third-order valence-corrected chi connectivity index (χ3v) is 3.85. The Bertz CT molecular complexity index is 518. The van der Waals surface area contributed by atoms with E-state index in [0.29, 0.717) is 18.2 Å². The predicted molar refractivity (Wildman–Crippen MR) is 76.5 cm³/mol. The molecule has 0 aliphatic carbocycles. The zero-order chi connectivity index (χ0) is 13.5. The van der Waals surface area contributed by atoms with Crippen LogP contribution in [-0.2, 0) is 12.3 Å². The molecule has 0 amide bonds. The number of thiazole rings is 1. The van der Waals surface area contributed by atoms with Gasteiger partial charge in [0.05, 0.1) is 23.2 Å². The molecule has 0 atom stereocenters. The quantitative estimate of drug-likeness (QED) is 0.557. The van der Waals surface area contributed by atoms with E-state index in [1.807, 2.05) is 5.38 Å². The van der Waals surface area contributed by atoms with E-state index in [0.717, 1.165) is 30.0 Å². The Morgan fingerprint density at radius 3 is 2.84 bits per heavy atom. The van der Waals surface area contributed by atoms with Crippen LogP contribution in [0.5, 0.6) is 5.75 Å². The monoisotopic (exact) mass is 299 g/mol. The van der Waals surface area contributed by atoms with Crippen LogP contribution >= 0.6 is 22.9 Å². The Labute approximate surface area is 121 Å². The molecule has 102 valence electrons. The molecule has 1 heterocycles. The van der Waals surface area contributed by atoms with Gasteiger partial charge in [-0.15, -0.1) is 22.9 Å². The average Bonchev–Trinajstić information content (AvgIpc) is 2.88. The molecule has 0 fully saturated rings. The van der Waals surface area contributed by atoms with Crippen molar-refractivity contribution in [3.8, 4) is 5.75 Å². The van der Waals surface area contributed by atoms with Crippen LogP contribution in [0.2, 0.25) is 0 Å². The molecule has 0 aliphatic heterocycles. The van der Waals surface area contributed by atoms with Crippen LogP contribution in [0, 0.1) is 5.82 Å².